The number of carbonyl (C=O) groups is 2. The molecule has 1 unspecified atom stereocenters. The van der Waals surface area contributed by atoms with Crippen molar-refractivity contribution in [1.82, 2.24) is 5.32 Å². The van der Waals surface area contributed by atoms with Gasteiger partial charge in [0.15, 0.2) is 0 Å². The molecule has 0 rings (SSSR count). The number of aldehydes is 1. The molecule has 3 N–H and O–H groups in total. The van der Waals surface area contributed by atoms with Crippen molar-refractivity contribution in [2.45, 2.75) is 25.8 Å². The van der Waals surface area contributed by atoms with Crippen LogP contribution in [0.4, 0.5) is 0 Å². The van der Waals surface area contributed by atoms with Gasteiger partial charge in [-0.25, -0.2) is 0 Å². The maximum absolute atomic E-state index is 10.5. The summed E-state index contributed by atoms with van der Waals surface area (Å²) >= 11 is 0. The molecule has 4 heteroatoms. The quantitative estimate of drug-likeness (QED) is 0.526. The summed E-state index contributed by atoms with van der Waals surface area (Å²) in [7, 11) is 0. The Balaban J connectivity index is 3.57. The van der Waals surface area contributed by atoms with Gasteiger partial charge in [0.2, 0.25) is 5.91 Å². The van der Waals surface area contributed by atoms with Crippen molar-refractivity contribution >= 4 is 12.2 Å². The molecule has 0 aliphatic rings. The van der Waals surface area contributed by atoms with Crippen LogP contribution in [0, 0.1) is 0 Å². The minimum atomic E-state index is -0.365. The van der Waals surface area contributed by atoms with Gasteiger partial charge in [0.05, 0.1) is 6.04 Å². The summed E-state index contributed by atoms with van der Waals surface area (Å²) in [6, 6.07) is -0.365. The molecule has 0 aliphatic heterocycles. The third-order valence-corrected chi connectivity index (χ3v) is 1.27. The number of rotatable bonds is 5. The molecule has 0 aliphatic carbocycles. The van der Waals surface area contributed by atoms with E-state index in [1.165, 1.54) is 6.92 Å². The van der Waals surface area contributed by atoms with Gasteiger partial charge in [-0.3, -0.25) is 4.79 Å². The van der Waals surface area contributed by atoms with Crippen LogP contribution < -0.4 is 11.1 Å². The molecule has 64 valence electrons. The van der Waals surface area contributed by atoms with Gasteiger partial charge in [0.1, 0.15) is 6.29 Å². The van der Waals surface area contributed by atoms with E-state index in [-0.39, 0.29) is 11.9 Å². The molecule has 1 atom stereocenters. The number of amides is 1. The third-order valence-electron chi connectivity index (χ3n) is 1.27. The zero-order chi connectivity index (χ0) is 8.69. The minimum Gasteiger partial charge on any atom is -0.347 e. The van der Waals surface area contributed by atoms with E-state index in [1.54, 1.807) is 0 Å². The second kappa shape index (κ2) is 5.85. The number of nitrogens with two attached hydrogens (primary N) is 1. The van der Waals surface area contributed by atoms with Gasteiger partial charge in [-0.1, -0.05) is 0 Å². The number of nitrogens with one attached hydrogen (secondary N) is 1. The standard InChI is InChI=1S/C7H14N2O2/c1-6(11)9-7(5-10)3-2-4-8/h5,7H,2-4,8H2,1H3,(H,9,11). The predicted molar refractivity (Wildman–Crippen MR) is 42.0 cm³/mol. The Morgan fingerprint density at radius 2 is 2.36 bits per heavy atom. The Morgan fingerprint density at radius 1 is 1.73 bits per heavy atom. The number of hydrogen-bond donors (Lipinski definition) is 2. The van der Waals surface area contributed by atoms with Gasteiger partial charge in [-0.2, -0.15) is 0 Å². The largest absolute Gasteiger partial charge is 0.347 e. The van der Waals surface area contributed by atoms with Gasteiger partial charge in [0, 0.05) is 6.92 Å². The van der Waals surface area contributed by atoms with Crippen LogP contribution >= 0.6 is 0 Å². The molecule has 1 amide bonds. The number of carbonyl (C=O) groups excluding carboxylic acids is 2. The highest BCUT2D eigenvalue weighted by molar-refractivity contribution is 5.77. The smallest absolute Gasteiger partial charge is 0.217 e. The van der Waals surface area contributed by atoms with Crippen LogP contribution in [0.1, 0.15) is 19.8 Å². The topological polar surface area (TPSA) is 72.2 Å². The highest BCUT2D eigenvalue weighted by atomic mass is 16.2. The third kappa shape index (κ3) is 5.54. The Labute approximate surface area is 66.1 Å². The first-order chi connectivity index (χ1) is 5.20. The van der Waals surface area contributed by atoms with Crippen molar-refractivity contribution in [1.29, 1.82) is 0 Å². The Morgan fingerprint density at radius 3 is 2.73 bits per heavy atom. The summed E-state index contributed by atoms with van der Waals surface area (Å²) in [5.41, 5.74) is 5.23. The molecule has 11 heavy (non-hydrogen) atoms. The van der Waals surface area contributed by atoms with Crippen LogP contribution in [-0.4, -0.2) is 24.8 Å². The Hall–Kier alpha value is -0.900. The van der Waals surface area contributed by atoms with Gasteiger partial charge in [-0.05, 0) is 19.4 Å². The second-order valence-corrected chi connectivity index (χ2v) is 2.37. The first-order valence-electron chi connectivity index (χ1n) is 3.63. The van der Waals surface area contributed by atoms with E-state index in [9.17, 15) is 9.59 Å². The summed E-state index contributed by atoms with van der Waals surface area (Å²) in [5.74, 6) is -0.181. The van der Waals surface area contributed by atoms with Crippen molar-refractivity contribution in [2.75, 3.05) is 6.54 Å². The molecule has 0 fully saturated rings. The van der Waals surface area contributed by atoms with E-state index in [0.717, 1.165) is 12.7 Å². The highest BCUT2D eigenvalue weighted by Gasteiger charge is 2.06. The van der Waals surface area contributed by atoms with Crippen LogP contribution in [0.5, 0.6) is 0 Å². The molecule has 0 aromatic heterocycles. The summed E-state index contributed by atoms with van der Waals surface area (Å²) in [6.07, 6.45) is 2.11. The molecule has 4 nitrogen and oxygen atoms in total. The van der Waals surface area contributed by atoms with Crippen molar-refractivity contribution in [3.8, 4) is 0 Å². The van der Waals surface area contributed by atoms with E-state index in [2.05, 4.69) is 5.32 Å². The van der Waals surface area contributed by atoms with Crippen LogP contribution in [0.2, 0.25) is 0 Å². The van der Waals surface area contributed by atoms with Crippen LogP contribution in [0.15, 0.2) is 0 Å². The minimum absolute atomic E-state index is 0.181. The van der Waals surface area contributed by atoms with Gasteiger partial charge >= 0.3 is 0 Å². The Kier molecular flexibility index (Phi) is 5.37. The predicted octanol–water partition coefficient (Wildman–Crippen LogP) is -0.571. The lowest BCUT2D eigenvalue weighted by atomic mass is 10.2. The average Bonchev–Trinajstić information content (AvgIpc) is 1.97. The first-order valence-corrected chi connectivity index (χ1v) is 3.63. The fourth-order valence-corrected chi connectivity index (χ4v) is 0.773. The molecule has 0 saturated heterocycles. The maximum Gasteiger partial charge on any atom is 0.217 e. The summed E-state index contributed by atoms with van der Waals surface area (Å²) < 4.78 is 0. The molecule has 0 radical (unpaired) electrons. The maximum atomic E-state index is 10.5. The fourth-order valence-electron chi connectivity index (χ4n) is 0.773. The van der Waals surface area contributed by atoms with E-state index in [0.29, 0.717) is 13.0 Å². The summed E-state index contributed by atoms with van der Waals surface area (Å²) in [4.78, 5) is 20.8. The lowest BCUT2D eigenvalue weighted by Crippen LogP contribution is -2.34. The lowest BCUT2D eigenvalue weighted by molar-refractivity contribution is -0.122. The monoisotopic (exact) mass is 158 g/mol. The van der Waals surface area contributed by atoms with Gasteiger partial charge in [-0.15, -0.1) is 0 Å². The molecule has 0 aromatic carbocycles. The zero-order valence-corrected chi connectivity index (χ0v) is 6.67. The molecule has 0 heterocycles. The normalized spacial score (nSPS) is 12.2. The van der Waals surface area contributed by atoms with Crippen molar-refractivity contribution in [2.24, 2.45) is 5.73 Å². The summed E-state index contributed by atoms with van der Waals surface area (Å²) in [5, 5.41) is 2.50. The molecule has 0 spiro atoms. The van der Waals surface area contributed by atoms with Gasteiger partial charge in [0.25, 0.3) is 0 Å². The van der Waals surface area contributed by atoms with Crippen molar-refractivity contribution in [3.05, 3.63) is 0 Å². The highest BCUT2D eigenvalue weighted by Crippen LogP contribution is 1.91. The second-order valence-electron chi connectivity index (χ2n) is 2.37. The van der Waals surface area contributed by atoms with Crippen LogP contribution in [-0.2, 0) is 9.59 Å². The van der Waals surface area contributed by atoms with Gasteiger partial charge < -0.3 is 15.8 Å². The summed E-state index contributed by atoms with van der Waals surface area (Å²) in [6.45, 7) is 1.93. The van der Waals surface area contributed by atoms with E-state index >= 15 is 0 Å². The Bertz CT molecular complexity index is 136. The zero-order valence-electron chi connectivity index (χ0n) is 6.67. The average molecular weight is 158 g/mol. The molecule has 0 bridgehead atoms. The van der Waals surface area contributed by atoms with Crippen LogP contribution in [0.25, 0.3) is 0 Å². The molecular weight excluding hydrogens is 144 g/mol. The van der Waals surface area contributed by atoms with Crippen LogP contribution in [0.3, 0.4) is 0 Å². The first kappa shape index (κ1) is 10.1. The SMILES string of the molecule is CC(=O)NC(C=O)CCCN. The van der Waals surface area contributed by atoms with E-state index < -0.39 is 0 Å². The lowest BCUT2D eigenvalue weighted by Gasteiger charge is -2.09. The van der Waals surface area contributed by atoms with E-state index in [4.69, 9.17) is 5.73 Å². The van der Waals surface area contributed by atoms with E-state index in [1.807, 2.05) is 0 Å². The van der Waals surface area contributed by atoms with Crippen molar-refractivity contribution in [3.63, 3.8) is 0 Å². The molecular formula is C7H14N2O2. The molecule has 0 aromatic rings. The number of hydrogen-bond acceptors (Lipinski definition) is 3. The van der Waals surface area contributed by atoms with Crippen molar-refractivity contribution < 1.29 is 9.59 Å². The molecule has 0 saturated carbocycles. The fraction of sp³-hybridized carbons (Fsp3) is 0.714.